The highest BCUT2D eigenvalue weighted by molar-refractivity contribution is 7.98. The lowest BCUT2D eigenvalue weighted by molar-refractivity contribution is 0.509. The van der Waals surface area contributed by atoms with Crippen molar-refractivity contribution in [1.82, 2.24) is 19.9 Å². The Kier molecular flexibility index (Phi) is 3.90. The summed E-state index contributed by atoms with van der Waals surface area (Å²) in [5.41, 5.74) is 1.22. The largest absolute Gasteiger partial charge is 0.309 e. The van der Waals surface area contributed by atoms with Crippen molar-refractivity contribution in [3.8, 4) is 0 Å². The van der Waals surface area contributed by atoms with Crippen molar-refractivity contribution in [2.24, 2.45) is 5.92 Å². The number of aryl methyl sites for hydroxylation is 1. The molecule has 1 N–H and O–H groups in total. The van der Waals surface area contributed by atoms with Crippen LogP contribution < -0.4 is 5.56 Å². The molecule has 0 spiro atoms. The highest BCUT2D eigenvalue weighted by Gasteiger charge is 2.22. The van der Waals surface area contributed by atoms with Gasteiger partial charge in [-0.15, -0.1) is 11.3 Å². The Balaban J connectivity index is 1.66. The zero-order valence-corrected chi connectivity index (χ0v) is 14.3. The van der Waals surface area contributed by atoms with Gasteiger partial charge in [-0.2, -0.15) is 0 Å². The number of aromatic amines is 1. The SMILES string of the molecule is C[C@@H]1CCc2c(sc3nc(CSc4ncccn4)[nH]c(=O)c23)C1. The number of aromatic nitrogens is 4. The molecule has 4 rings (SSSR count). The average Bonchev–Trinajstić information content (AvgIpc) is 2.91. The Morgan fingerprint density at radius 1 is 1.39 bits per heavy atom. The van der Waals surface area contributed by atoms with Crippen LogP contribution in [0.3, 0.4) is 0 Å². The molecule has 0 aromatic carbocycles. The van der Waals surface area contributed by atoms with Crippen LogP contribution in [0.4, 0.5) is 0 Å². The summed E-state index contributed by atoms with van der Waals surface area (Å²) in [7, 11) is 0. The first-order valence-electron chi connectivity index (χ1n) is 7.64. The minimum Gasteiger partial charge on any atom is -0.309 e. The third-order valence-electron chi connectivity index (χ3n) is 4.09. The van der Waals surface area contributed by atoms with Crippen LogP contribution in [0.15, 0.2) is 28.4 Å². The number of hydrogen-bond acceptors (Lipinski definition) is 6. The van der Waals surface area contributed by atoms with Gasteiger partial charge in [0.05, 0.1) is 11.1 Å². The molecule has 0 unspecified atom stereocenters. The van der Waals surface area contributed by atoms with E-state index in [1.807, 2.05) is 0 Å². The molecule has 3 aromatic heterocycles. The molecule has 0 saturated heterocycles. The molecular weight excluding hydrogens is 328 g/mol. The molecule has 0 saturated carbocycles. The van der Waals surface area contributed by atoms with Crippen LogP contribution in [-0.4, -0.2) is 19.9 Å². The van der Waals surface area contributed by atoms with Crippen molar-refractivity contribution in [1.29, 1.82) is 0 Å². The minimum atomic E-state index is -0.00775. The topological polar surface area (TPSA) is 71.5 Å². The lowest BCUT2D eigenvalue weighted by Gasteiger charge is -2.17. The number of hydrogen-bond donors (Lipinski definition) is 1. The average molecular weight is 344 g/mol. The number of thiophene rings is 1. The second kappa shape index (κ2) is 6.05. The number of nitrogens with zero attached hydrogens (tertiary/aromatic N) is 3. The Hall–Kier alpha value is -1.73. The number of fused-ring (bicyclic) bond motifs is 3. The van der Waals surface area contributed by atoms with Gasteiger partial charge in [0.1, 0.15) is 10.7 Å². The van der Waals surface area contributed by atoms with Crippen molar-refractivity contribution in [2.75, 3.05) is 0 Å². The van der Waals surface area contributed by atoms with Crippen LogP contribution in [0.5, 0.6) is 0 Å². The van der Waals surface area contributed by atoms with Gasteiger partial charge in [-0.25, -0.2) is 15.0 Å². The predicted octanol–water partition coefficient (Wildman–Crippen LogP) is 3.19. The van der Waals surface area contributed by atoms with E-state index in [9.17, 15) is 4.79 Å². The van der Waals surface area contributed by atoms with Gasteiger partial charge in [0.15, 0.2) is 5.16 Å². The molecule has 3 aromatic rings. The van der Waals surface area contributed by atoms with E-state index in [-0.39, 0.29) is 5.56 Å². The zero-order chi connectivity index (χ0) is 15.8. The van der Waals surface area contributed by atoms with E-state index >= 15 is 0 Å². The van der Waals surface area contributed by atoms with Crippen LogP contribution in [0.1, 0.15) is 29.6 Å². The van der Waals surface area contributed by atoms with Crippen molar-refractivity contribution >= 4 is 33.3 Å². The summed E-state index contributed by atoms with van der Waals surface area (Å²) < 4.78 is 0. The standard InChI is InChI=1S/C16H16N4OS2/c1-9-3-4-10-11(7-9)23-15-13(10)14(21)19-12(20-15)8-22-16-17-5-2-6-18-16/h2,5-6,9H,3-4,7-8H2,1H3,(H,19,20,21)/t9-/m1/s1. The molecule has 1 aliphatic rings. The summed E-state index contributed by atoms with van der Waals surface area (Å²) >= 11 is 3.16. The maximum atomic E-state index is 12.5. The summed E-state index contributed by atoms with van der Waals surface area (Å²) in [6.45, 7) is 2.27. The third kappa shape index (κ3) is 2.90. The summed E-state index contributed by atoms with van der Waals surface area (Å²) in [6.07, 6.45) is 6.64. The van der Waals surface area contributed by atoms with E-state index in [1.54, 1.807) is 29.8 Å². The second-order valence-corrected chi connectivity index (χ2v) is 7.89. The van der Waals surface area contributed by atoms with Crippen LogP contribution >= 0.6 is 23.1 Å². The number of thioether (sulfide) groups is 1. The van der Waals surface area contributed by atoms with Gasteiger partial charge in [-0.05, 0) is 36.8 Å². The van der Waals surface area contributed by atoms with E-state index in [0.717, 1.165) is 29.5 Å². The van der Waals surface area contributed by atoms with Crippen LogP contribution in [0.25, 0.3) is 10.2 Å². The van der Waals surface area contributed by atoms with Crippen molar-refractivity contribution in [3.05, 3.63) is 45.1 Å². The zero-order valence-electron chi connectivity index (χ0n) is 12.7. The van der Waals surface area contributed by atoms with E-state index < -0.39 is 0 Å². The first kappa shape index (κ1) is 14.8. The molecule has 5 nitrogen and oxygen atoms in total. The number of nitrogens with one attached hydrogen (secondary N) is 1. The summed E-state index contributed by atoms with van der Waals surface area (Å²) in [5.74, 6) is 1.94. The molecule has 118 valence electrons. The molecule has 0 radical (unpaired) electrons. The van der Waals surface area contributed by atoms with E-state index in [1.165, 1.54) is 22.2 Å². The molecule has 1 aliphatic carbocycles. The summed E-state index contributed by atoms with van der Waals surface area (Å²) in [4.78, 5) is 30.7. The van der Waals surface area contributed by atoms with Crippen LogP contribution in [0, 0.1) is 5.92 Å². The fourth-order valence-electron chi connectivity index (χ4n) is 2.95. The molecule has 3 heterocycles. The quantitative estimate of drug-likeness (QED) is 0.583. The van der Waals surface area contributed by atoms with E-state index in [4.69, 9.17) is 0 Å². The number of H-pyrrole nitrogens is 1. The lowest BCUT2D eigenvalue weighted by Crippen LogP contribution is -2.14. The van der Waals surface area contributed by atoms with Crippen molar-refractivity contribution in [3.63, 3.8) is 0 Å². The second-order valence-electron chi connectivity index (χ2n) is 5.86. The maximum Gasteiger partial charge on any atom is 0.259 e. The molecule has 23 heavy (non-hydrogen) atoms. The van der Waals surface area contributed by atoms with Gasteiger partial charge in [0.2, 0.25) is 0 Å². The number of rotatable bonds is 3. The van der Waals surface area contributed by atoms with Gasteiger partial charge in [-0.1, -0.05) is 18.7 Å². The first-order valence-corrected chi connectivity index (χ1v) is 9.44. The van der Waals surface area contributed by atoms with E-state index in [0.29, 0.717) is 22.7 Å². The van der Waals surface area contributed by atoms with Crippen molar-refractivity contribution in [2.45, 2.75) is 37.1 Å². The minimum absolute atomic E-state index is 0.00775. The van der Waals surface area contributed by atoms with Crippen LogP contribution in [0.2, 0.25) is 0 Å². The molecule has 0 bridgehead atoms. The Morgan fingerprint density at radius 3 is 3.04 bits per heavy atom. The highest BCUT2D eigenvalue weighted by atomic mass is 32.2. The van der Waals surface area contributed by atoms with Crippen LogP contribution in [-0.2, 0) is 18.6 Å². The molecular formula is C16H16N4OS2. The van der Waals surface area contributed by atoms with Gasteiger partial charge in [0, 0.05) is 17.3 Å². The maximum absolute atomic E-state index is 12.5. The molecule has 1 atom stereocenters. The fraction of sp³-hybridized carbons (Fsp3) is 0.375. The molecule has 0 fully saturated rings. The fourth-order valence-corrected chi connectivity index (χ4v) is 5.03. The molecule has 0 aliphatic heterocycles. The third-order valence-corrected chi connectivity index (χ3v) is 6.13. The van der Waals surface area contributed by atoms with E-state index in [2.05, 4.69) is 26.9 Å². The summed E-state index contributed by atoms with van der Waals surface area (Å²) in [6, 6.07) is 1.79. The monoisotopic (exact) mass is 344 g/mol. The Morgan fingerprint density at radius 2 is 2.22 bits per heavy atom. The Bertz CT molecular complexity index is 904. The predicted molar refractivity (Wildman–Crippen MR) is 93.0 cm³/mol. The molecule has 0 amide bonds. The van der Waals surface area contributed by atoms with Gasteiger partial charge in [0.25, 0.3) is 5.56 Å². The normalized spacial score (nSPS) is 17.3. The van der Waals surface area contributed by atoms with Gasteiger partial charge < -0.3 is 4.98 Å². The summed E-state index contributed by atoms with van der Waals surface area (Å²) in [5, 5.41) is 1.50. The van der Waals surface area contributed by atoms with Gasteiger partial charge in [-0.3, -0.25) is 4.79 Å². The lowest BCUT2D eigenvalue weighted by atomic mass is 9.89. The Labute approximate surface area is 141 Å². The smallest absolute Gasteiger partial charge is 0.259 e. The highest BCUT2D eigenvalue weighted by Crippen LogP contribution is 2.35. The molecule has 7 heteroatoms. The van der Waals surface area contributed by atoms with Gasteiger partial charge >= 0.3 is 0 Å². The van der Waals surface area contributed by atoms with Crippen molar-refractivity contribution < 1.29 is 0 Å². The first-order chi connectivity index (χ1) is 11.2.